The third kappa shape index (κ3) is 3.73. The van der Waals surface area contributed by atoms with Crippen molar-refractivity contribution in [1.82, 2.24) is 4.98 Å². The normalized spacial score (nSPS) is 13.7. The first kappa shape index (κ1) is 18.4. The van der Waals surface area contributed by atoms with Crippen LogP contribution in [0.25, 0.3) is 10.9 Å². The number of carbonyl (C=O) groups is 1. The van der Waals surface area contributed by atoms with Gasteiger partial charge in [0.2, 0.25) is 5.78 Å². The van der Waals surface area contributed by atoms with Crippen molar-refractivity contribution in [3.8, 4) is 0 Å². The number of benzene rings is 2. The molecule has 0 saturated heterocycles. The average Bonchev–Trinajstić information content (AvgIpc) is 3.10. The smallest absolute Gasteiger partial charge is 0.226 e. The Morgan fingerprint density at radius 2 is 1.85 bits per heavy atom. The molecule has 0 spiro atoms. The zero-order valence-corrected chi connectivity index (χ0v) is 16.0. The van der Waals surface area contributed by atoms with Crippen LogP contribution in [0.1, 0.15) is 61.1 Å². The second-order valence-corrected chi connectivity index (χ2v) is 7.11. The molecule has 0 bridgehead atoms. The van der Waals surface area contributed by atoms with Crippen LogP contribution in [0.3, 0.4) is 0 Å². The standard InChI is InChI=1S/C23H28N2O/c1-4-10-16(3)25-22(18-11-7-6-8-12-18)23(26)20-15-24-21-17(5-2)13-9-14-19(20)21/h6-9,11-16,22,24-25H,4-5,10H2,1-3H3/p+1/t16-,22+/m1/s1. The van der Waals surface area contributed by atoms with Crippen molar-refractivity contribution in [2.75, 3.05) is 0 Å². The maximum atomic E-state index is 13.5. The van der Waals surface area contributed by atoms with Crippen LogP contribution in [-0.2, 0) is 6.42 Å². The van der Waals surface area contributed by atoms with Crippen molar-refractivity contribution in [3.63, 3.8) is 0 Å². The molecule has 3 rings (SSSR count). The van der Waals surface area contributed by atoms with Gasteiger partial charge in [0.05, 0.1) is 6.04 Å². The van der Waals surface area contributed by atoms with Crippen LogP contribution in [0.4, 0.5) is 0 Å². The van der Waals surface area contributed by atoms with Gasteiger partial charge in [-0.1, -0.05) is 68.8 Å². The lowest BCUT2D eigenvalue weighted by molar-refractivity contribution is -0.712. The molecule has 136 valence electrons. The highest BCUT2D eigenvalue weighted by Gasteiger charge is 2.29. The first-order valence-corrected chi connectivity index (χ1v) is 9.68. The molecule has 0 fully saturated rings. The van der Waals surface area contributed by atoms with Crippen LogP contribution in [-0.4, -0.2) is 16.8 Å². The number of rotatable bonds is 8. The Morgan fingerprint density at radius 3 is 2.54 bits per heavy atom. The molecule has 0 aliphatic rings. The van der Waals surface area contributed by atoms with Crippen molar-refractivity contribution in [2.45, 2.75) is 52.1 Å². The third-order valence-electron chi connectivity index (χ3n) is 5.15. The number of fused-ring (bicyclic) bond motifs is 1. The highest BCUT2D eigenvalue weighted by atomic mass is 16.1. The third-order valence-corrected chi connectivity index (χ3v) is 5.15. The highest BCUT2D eigenvalue weighted by molar-refractivity contribution is 6.10. The molecule has 26 heavy (non-hydrogen) atoms. The molecule has 1 heterocycles. The van der Waals surface area contributed by atoms with E-state index in [0.717, 1.165) is 41.3 Å². The molecule has 0 aliphatic heterocycles. The van der Waals surface area contributed by atoms with Gasteiger partial charge >= 0.3 is 0 Å². The number of hydrogen-bond acceptors (Lipinski definition) is 1. The van der Waals surface area contributed by atoms with Gasteiger partial charge in [0, 0.05) is 28.2 Å². The minimum Gasteiger partial charge on any atom is -0.360 e. The van der Waals surface area contributed by atoms with E-state index in [1.54, 1.807) is 0 Å². The molecule has 3 aromatic rings. The average molecular weight is 349 g/mol. The van der Waals surface area contributed by atoms with Crippen LogP contribution < -0.4 is 5.32 Å². The largest absolute Gasteiger partial charge is 0.360 e. The van der Waals surface area contributed by atoms with Gasteiger partial charge < -0.3 is 10.3 Å². The molecular weight excluding hydrogens is 320 g/mol. The summed E-state index contributed by atoms with van der Waals surface area (Å²) in [5.41, 5.74) is 4.21. The van der Waals surface area contributed by atoms with Gasteiger partial charge in [0.1, 0.15) is 0 Å². The Hall–Kier alpha value is -2.39. The van der Waals surface area contributed by atoms with Gasteiger partial charge in [0.25, 0.3) is 0 Å². The fourth-order valence-corrected chi connectivity index (χ4v) is 3.77. The number of Topliss-reactive ketones (excluding diaryl/α,β-unsaturated/α-hetero) is 1. The van der Waals surface area contributed by atoms with E-state index in [-0.39, 0.29) is 11.8 Å². The quantitative estimate of drug-likeness (QED) is 0.582. The number of nitrogens with one attached hydrogen (secondary N) is 1. The predicted molar refractivity (Wildman–Crippen MR) is 107 cm³/mol. The molecule has 2 atom stereocenters. The van der Waals surface area contributed by atoms with Crippen molar-refractivity contribution >= 4 is 16.7 Å². The molecule has 1 aromatic heterocycles. The zero-order valence-electron chi connectivity index (χ0n) is 16.0. The topological polar surface area (TPSA) is 49.5 Å². The van der Waals surface area contributed by atoms with E-state index < -0.39 is 0 Å². The number of aromatic nitrogens is 1. The summed E-state index contributed by atoms with van der Waals surface area (Å²) in [5.74, 6) is 0.179. The number of aryl methyl sites for hydroxylation is 1. The van der Waals surface area contributed by atoms with Crippen molar-refractivity contribution < 1.29 is 10.1 Å². The number of hydrogen-bond donors (Lipinski definition) is 2. The number of quaternary nitrogens is 1. The second kappa shape index (κ2) is 8.33. The van der Waals surface area contributed by atoms with Gasteiger partial charge in [-0.05, 0) is 25.3 Å². The van der Waals surface area contributed by atoms with E-state index in [9.17, 15) is 4.79 Å². The van der Waals surface area contributed by atoms with Gasteiger partial charge in [-0.15, -0.1) is 0 Å². The summed E-state index contributed by atoms with van der Waals surface area (Å²) >= 11 is 0. The Balaban J connectivity index is 2.00. The van der Waals surface area contributed by atoms with Crippen molar-refractivity contribution in [3.05, 3.63) is 71.4 Å². The summed E-state index contributed by atoms with van der Waals surface area (Å²) in [4.78, 5) is 16.8. The molecule has 0 aliphatic carbocycles. The van der Waals surface area contributed by atoms with E-state index in [0.29, 0.717) is 6.04 Å². The van der Waals surface area contributed by atoms with Gasteiger partial charge in [-0.2, -0.15) is 0 Å². The molecule has 0 radical (unpaired) electrons. The summed E-state index contributed by atoms with van der Waals surface area (Å²) in [5, 5.41) is 3.26. The number of ketones is 1. The fourth-order valence-electron chi connectivity index (χ4n) is 3.77. The number of carbonyl (C=O) groups excluding carboxylic acids is 1. The maximum absolute atomic E-state index is 13.5. The summed E-state index contributed by atoms with van der Waals surface area (Å²) in [7, 11) is 0. The molecular formula is C23H29N2O+. The van der Waals surface area contributed by atoms with Gasteiger partial charge in [0.15, 0.2) is 6.04 Å². The van der Waals surface area contributed by atoms with E-state index in [1.165, 1.54) is 5.56 Å². The minimum atomic E-state index is -0.206. The van der Waals surface area contributed by atoms with Crippen molar-refractivity contribution in [2.24, 2.45) is 0 Å². The van der Waals surface area contributed by atoms with Crippen LogP contribution in [0, 0.1) is 0 Å². The Kier molecular flexibility index (Phi) is 5.89. The molecule has 3 heteroatoms. The van der Waals surface area contributed by atoms with Crippen molar-refractivity contribution in [1.29, 1.82) is 0 Å². The summed E-state index contributed by atoms with van der Waals surface area (Å²) in [6.45, 7) is 6.54. The molecule has 0 unspecified atom stereocenters. The van der Waals surface area contributed by atoms with Crippen LogP contribution in [0.5, 0.6) is 0 Å². The van der Waals surface area contributed by atoms with Gasteiger partial charge in [-0.25, -0.2) is 0 Å². The lowest BCUT2D eigenvalue weighted by Gasteiger charge is -2.19. The fraction of sp³-hybridized carbons (Fsp3) is 0.348. The summed E-state index contributed by atoms with van der Waals surface area (Å²) in [6, 6.07) is 16.6. The van der Waals surface area contributed by atoms with Crippen LogP contribution in [0.15, 0.2) is 54.7 Å². The molecule has 0 saturated carbocycles. The molecule has 0 amide bonds. The Labute approximate surface area is 155 Å². The number of H-pyrrole nitrogens is 1. The maximum Gasteiger partial charge on any atom is 0.226 e. The lowest BCUT2D eigenvalue weighted by Crippen LogP contribution is -2.91. The first-order chi connectivity index (χ1) is 12.7. The van der Waals surface area contributed by atoms with E-state index in [4.69, 9.17) is 0 Å². The van der Waals surface area contributed by atoms with E-state index in [2.05, 4.69) is 55.3 Å². The summed E-state index contributed by atoms with van der Waals surface area (Å²) in [6.07, 6.45) is 5.07. The SMILES string of the molecule is CCC[C@@H](C)[NH2+][C@H](C(=O)c1c[nH]c2c(CC)cccc12)c1ccccc1. The Morgan fingerprint density at radius 1 is 1.08 bits per heavy atom. The van der Waals surface area contributed by atoms with Crippen LogP contribution >= 0.6 is 0 Å². The second-order valence-electron chi connectivity index (χ2n) is 7.11. The Bertz CT molecular complexity index is 866. The molecule has 3 nitrogen and oxygen atoms in total. The van der Waals surface area contributed by atoms with E-state index in [1.807, 2.05) is 30.5 Å². The lowest BCUT2D eigenvalue weighted by atomic mass is 9.95. The van der Waals surface area contributed by atoms with E-state index >= 15 is 0 Å². The minimum absolute atomic E-state index is 0.179. The number of nitrogens with two attached hydrogens (primary N) is 1. The summed E-state index contributed by atoms with van der Waals surface area (Å²) < 4.78 is 0. The number of aromatic amines is 1. The predicted octanol–water partition coefficient (Wildman–Crippen LogP) is 4.41. The highest BCUT2D eigenvalue weighted by Crippen LogP contribution is 2.25. The monoisotopic (exact) mass is 349 g/mol. The molecule has 3 N–H and O–H groups in total. The zero-order chi connectivity index (χ0) is 18.5. The first-order valence-electron chi connectivity index (χ1n) is 9.68. The molecule has 2 aromatic carbocycles. The van der Waals surface area contributed by atoms with Gasteiger partial charge in [-0.3, -0.25) is 4.79 Å². The number of para-hydroxylation sites is 1. The van der Waals surface area contributed by atoms with Crippen LogP contribution in [0.2, 0.25) is 0 Å².